The first-order valence-corrected chi connectivity index (χ1v) is 44.9. The maximum Gasteiger partial charge on any atom is 0.0163 e. The van der Waals surface area contributed by atoms with Crippen LogP contribution in [0, 0.1) is 55.5 Å². The van der Waals surface area contributed by atoms with E-state index < -0.39 is 0 Å². The summed E-state index contributed by atoms with van der Waals surface area (Å²) in [6.07, 6.45) is 14.6. The van der Waals surface area contributed by atoms with Gasteiger partial charge in [0.15, 0.2) is 0 Å². The molecule has 8 aromatic heterocycles. The Morgan fingerprint density at radius 3 is 0.671 bits per heavy atom. The number of pyridine rings is 8. The van der Waals surface area contributed by atoms with E-state index >= 15 is 0 Å². The van der Waals surface area contributed by atoms with Gasteiger partial charge in [-0.1, -0.05) is 289 Å². The molecular formula is C127H102Ir5N8-8. The molecule has 0 saturated carbocycles. The Labute approximate surface area is 894 Å². The van der Waals surface area contributed by atoms with Gasteiger partial charge in [0.25, 0.3) is 0 Å². The molecule has 8 nitrogen and oxygen atoms in total. The molecule has 8 heterocycles. The summed E-state index contributed by atoms with van der Waals surface area (Å²) in [6.45, 7) is 15.4. The van der Waals surface area contributed by atoms with E-state index in [0.717, 1.165) is 90.1 Å². The second-order valence-corrected chi connectivity index (χ2v) is 33.3. The zero-order chi connectivity index (χ0) is 93.3. The van der Waals surface area contributed by atoms with Crippen molar-refractivity contribution in [2.24, 2.45) is 0 Å². The fourth-order valence-electron chi connectivity index (χ4n) is 14.2. The number of nitrogens with zero attached hydrogens (tertiary/aromatic N) is 8. The van der Waals surface area contributed by atoms with Gasteiger partial charge in [-0.25, -0.2) is 0 Å². The largest absolute Gasteiger partial charge is 0.305 e. The summed E-state index contributed by atoms with van der Waals surface area (Å²) < 4.78 is 0. The molecular weight excluding hydrogens is 2600 g/mol. The molecule has 0 N–H and O–H groups in total. The molecule has 140 heavy (non-hydrogen) atoms. The second-order valence-electron chi connectivity index (χ2n) is 33.3. The van der Waals surface area contributed by atoms with Crippen LogP contribution < -0.4 is 0 Å². The normalized spacial score (nSPS) is 10.1. The summed E-state index contributed by atoms with van der Waals surface area (Å²) in [6, 6.07) is 174. The van der Waals surface area contributed by atoms with Gasteiger partial charge in [0.05, 0.1) is 0 Å². The van der Waals surface area contributed by atoms with Gasteiger partial charge in [-0.2, -0.15) is 0 Å². The third-order valence-electron chi connectivity index (χ3n) is 21.4. The SMILES string of the molecule is CC(C)(C)c1ccnc(-c2[c-]ccc(-c3ccccc3)c2)c1.CC(C)(C)c1ccnc(-c2[c-]ccc(-c3ccccc3)c2)c1.Cc1cccc(-c2cc[c-]c(-c3ccccn3)c2)c1.[Ir].[Ir].[Ir].[Ir].[Ir].[c-]1cc(-c2ccccc2)ccc1-c1ccccn1.[c-]1ccc(-c2ccccc2)cc1-c1ccccn1.[c-]1ccccc1-c1ccccn1.[c-]1ccccc1-c1ccccn1.[c-]1ccccc1-c1ccccn1. The Hall–Kier alpha value is -13.7. The van der Waals surface area contributed by atoms with Crippen molar-refractivity contribution in [1.29, 1.82) is 0 Å². The molecule has 0 amide bonds. The molecule has 0 unspecified atom stereocenters. The molecule has 0 aliphatic carbocycles. The minimum Gasteiger partial charge on any atom is -0.305 e. The Bertz CT molecular complexity index is 6520. The van der Waals surface area contributed by atoms with E-state index in [0.29, 0.717) is 0 Å². The first kappa shape index (κ1) is 110. The van der Waals surface area contributed by atoms with Gasteiger partial charge in [-0.05, 0) is 145 Å². The Morgan fingerprint density at radius 2 is 0.407 bits per heavy atom. The van der Waals surface area contributed by atoms with Crippen molar-refractivity contribution >= 4 is 0 Å². The fraction of sp³-hybridized carbons (Fsp3) is 0.0709. The number of rotatable bonds is 13. The molecule has 13 heteroatoms. The molecule has 0 saturated heterocycles. The zero-order valence-corrected chi connectivity index (χ0v) is 90.5. The van der Waals surface area contributed by atoms with Crippen molar-refractivity contribution in [3.8, 4) is 146 Å². The van der Waals surface area contributed by atoms with Crippen molar-refractivity contribution in [3.05, 3.63) is 558 Å². The predicted octanol–water partition coefficient (Wildman–Crippen LogP) is 31.6. The molecule has 703 valence electrons. The van der Waals surface area contributed by atoms with Crippen LogP contribution in [0.5, 0.6) is 0 Å². The van der Waals surface area contributed by atoms with Crippen LogP contribution in [-0.4, -0.2) is 39.9 Å². The maximum absolute atomic E-state index is 4.53. The average Bonchev–Trinajstić information content (AvgIpc) is 0.801. The van der Waals surface area contributed by atoms with Crippen LogP contribution in [0.3, 0.4) is 0 Å². The summed E-state index contributed by atoms with van der Waals surface area (Å²) in [4.78, 5) is 34.7. The van der Waals surface area contributed by atoms with E-state index in [9.17, 15) is 0 Å². The van der Waals surface area contributed by atoms with Crippen molar-refractivity contribution in [3.63, 3.8) is 0 Å². The van der Waals surface area contributed by atoms with Crippen LogP contribution in [0.4, 0.5) is 0 Å². The van der Waals surface area contributed by atoms with Gasteiger partial charge in [0.1, 0.15) is 0 Å². The van der Waals surface area contributed by atoms with Crippen LogP contribution >= 0.6 is 0 Å². The maximum atomic E-state index is 4.53. The number of aromatic nitrogens is 8. The van der Waals surface area contributed by atoms with E-state index in [1.165, 1.54) is 72.3 Å². The molecule has 0 aliphatic heterocycles. The molecule has 0 spiro atoms. The molecule has 0 atom stereocenters. The smallest absolute Gasteiger partial charge is 0.0163 e. The van der Waals surface area contributed by atoms with E-state index in [1.54, 1.807) is 31.0 Å². The number of benzene rings is 13. The van der Waals surface area contributed by atoms with E-state index in [1.807, 2.05) is 279 Å². The number of hydrogen-bond donors (Lipinski definition) is 0. The van der Waals surface area contributed by atoms with Crippen LogP contribution in [0.2, 0.25) is 0 Å². The van der Waals surface area contributed by atoms with Gasteiger partial charge in [0, 0.05) is 150 Å². The molecule has 0 aliphatic rings. The summed E-state index contributed by atoms with van der Waals surface area (Å²) in [5.41, 5.74) is 32.1. The minimum absolute atomic E-state index is 0. The van der Waals surface area contributed by atoms with Crippen LogP contribution in [0.1, 0.15) is 58.2 Å². The van der Waals surface area contributed by atoms with Crippen LogP contribution in [0.25, 0.3) is 146 Å². The summed E-state index contributed by atoms with van der Waals surface area (Å²) in [5.74, 6) is 0. The minimum atomic E-state index is 0. The second kappa shape index (κ2) is 58.3. The Kier molecular flexibility index (Phi) is 45.8. The monoisotopic (exact) mass is 2700 g/mol. The predicted molar refractivity (Wildman–Crippen MR) is 557 cm³/mol. The van der Waals surface area contributed by atoms with Crippen molar-refractivity contribution < 1.29 is 101 Å². The average molecular weight is 2700 g/mol. The summed E-state index contributed by atoms with van der Waals surface area (Å²) in [5, 5.41) is 0. The van der Waals surface area contributed by atoms with Crippen molar-refractivity contribution in [2.45, 2.75) is 59.3 Å². The van der Waals surface area contributed by atoms with Gasteiger partial charge < -0.3 is 39.9 Å². The quantitative estimate of drug-likeness (QED) is 0.105. The molecule has 13 aromatic carbocycles. The Morgan fingerprint density at radius 1 is 0.164 bits per heavy atom. The van der Waals surface area contributed by atoms with Crippen molar-refractivity contribution in [1.82, 2.24) is 39.9 Å². The van der Waals surface area contributed by atoms with E-state index in [2.05, 4.69) is 319 Å². The zero-order valence-electron chi connectivity index (χ0n) is 78.5. The molecule has 0 bridgehead atoms. The third-order valence-corrected chi connectivity index (χ3v) is 21.4. The molecule has 21 aromatic rings. The fourth-order valence-corrected chi connectivity index (χ4v) is 14.2. The molecule has 21 rings (SSSR count). The first-order valence-electron chi connectivity index (χ1n) is 44.9. The topological polar surface area (TPSA) is 103 Å². The van der Waals surface area contributed by atoms with Gasteiger partial charge in [-0.15, -0.1) is 279 Å². The van der Waals surface area contributed by atoms with Gasteiger partial charge in [0.2, 0.25) is 0 Å². The third kappa shape index (κ3) is 34.4. The summed E-state index contributed by atoms with van der Waals surface area (Å²) in [7, 11) is 0. The first-order chi connectivity index (χ1) is 66.2. The number of hydrogen-bond acceptors (Lipinski definition) is 8. The Balaban J connectivity index is 0.000000180. The number of aryl methyl sites for hydroxylation is 1. The van der Waals surface area contributed by atoms with E-state index in [-0.39, 0.29) is 111 Å². The van der Waals surface area contributed by atoms with Crippen LogP contribution in [-0.2, 0) is 111 Å². The van der Waals surface area contributed by atoms with Crippen LogP contribution in [0.15, 0.2) is 492 Å². The molecule has 5 radical (unpaired) electrons. The summed E-state index contributed by atoms with van der Waals surface area (Å²) >= 11 is 0. The van der Waals surface area contributed by atoms with E-state index in [4.69, 9.17) is 0 Å². The van der Waals surface area contributed by atoms with Gasteiger partial charge >= 0.3 is 0 Å². The van der Waals surface area contributed by atoms with Gasteiger partial charge in [-0.3, -0.25) is 0 Å². The molecule has 0 fully saturated rings. The standard InChI is InChI=1S/2C21H20N.C18H14N.2C17H12N.3C11H8N.5Ir/c2*1-21(2,3)19-12-13-22-20(15-19)18-11-7-10-17(14-18)16-8-5-4-6-9-16;1-14-6-4-7-15(12-14)16-8-5-9-17(13-16)18-10-2-3-11-19-18;1-2-7-14(8-3-1)15-9-6-10-16(13-15)17-11-4-5-12-18-17;1-2-6-14(7-3-1)15-9-11-16(12-10-15)17-8-4-5-13-18-17;3*1-2-6-10(7-3-1)11-8-4-5-9-12-11;;;;;/h2*4-10,12-15H,1-3H3;2-8,10-13H,1H3;1-9,11-13H;1-11,13H;3*1-6,8-9H;;;;;/q8*-1;;;;;. The van der Waals surface area contributed by atoms with Crippen molar-refractivity contribution in [2.75, 3.05) is 0 Å².